The van der Waals surface area contributed by atoms with E-state index in [1.54, 1.807) is 0 Å². The Morgan fingerprint density at radius 2 is 2.00 bits per heavy atom. The van der Waals surface area contributed by atoms with Crippen molar-refractivity contribution < 1.29 is 14.3 Å². The highest BCUT2D eigenvalue weighted by Crippen LogP contribution is 2.54. The van der Waals surface area contributed by atoms with E-state index in [2.05, 4.69) is 31.2 Å². The maximum Gasteiger partial charge on any atom is 0.211 e. The van der Waals surface area contributed by atoms with Crippen molar-refractivity contribution in [3.8, 4) is 0 Å². The Bertz CT molecular complexity index is 684. The quantitative estimate of drug-likeness (QED) is 0.749. The summed E-state index contributed by atoms with van der Waals surface area (Å²) in [6.07, 6.45) is 3.99. The van der Waals surface area contributed by atoms with Crippen LogP contribution < -0.4 is 0 Å². The van der Waals surface area contributed by atoms with Crippen LogP contribution in [0.3, 0.4) is 0 Å². The number of carbonyl (C=O) groups is 2. The Morgan fingerprint density at radius 3 is 2.67 bits per heavy atom. The first-order valence-corrected chi connectivity index (χ1v) is 9.00. The number of aryl methyl sites for hydroxylation is 1. The number of hydrogen-bond donors (Lipinski definition) is 0. The number of ketones is 2. The smallest absolute Gasteiger partial charge is 0.211 e. The second-order valence-corrected chi connectivity index (χ2v) is 7.21. The van der Waals surface area contributed by atoms with Gasteiger partial charge in [0.05, 0.1) is 6.61 Å². The largest absolute Gasteiger partial charge is 0.490 e. The van der Waals surface area contributed by atoms with E-state index < -0.39 is 5.41 Å². The molecule has 0 aromatic heterocycles. The van der Waals surface area contributed by atoms with Crippen LogP contribution in [0.2, 0.25) is 0 Å². The van der Waals surface area contributed by atoms with Gasteiger partial charge in [-0.15, -0.1) is 0 Å². The fraction of sp³-hybridized carbons (Fsp3) is 0.524. The van der Waals surface area contributed by atoms with E-state index in [0.717, 1.165) is 36.8 Å². The fourth-order valence-electron chi connectivity index (χ4n) is 4.02. The number of ether oxygens (including phenoxy) is 1. The van der Waals surface area contributed by atoms with Crippen LogP contribution in [0.5, 0.6) is 0 Å². The van der Waals surface area contributed by atoms with Crippen molar-refractivity contribution >= 4 is 11.6 Å². The standard InChI is InChI=1S/C21H26O3/c1-4-5-8-17(22)21(3)18(15-11-9-14(2)10-12-15)16-7-6-13-24-19(16)20(21)23/h9-12,18H,4-8,13H2,1-3H3/t18-,21-/m0/s1. The van der Waals surface area contributed by atoms with Gasteiger partial charge in [-0.05, 0) is 44.2 Å². The molecule has 2 aliphatic rings. The molecule has 1 aromatic carbocycles. The number of Topliss-reactive ketones (excluding diaryl/α,β-unsaturated/α-hetero) is 2. The SMILES string of the molecule is CCCCC(=O)[C@]1(C)C(=O)C2=C(CCCO2)[C@@H]1c1ccc(C)cc1. The lowest BCUT2D eigenvalue weighted by atomic mass is 9.68. The van der Waals surface area contributed by atoms with E-state index in [1.807, 2.05) is 13.8 Å². The number of rotatable bonds is 5. The average Bonchev–Trinajstić information content (AvgIpc) is 2.83. The molecule has 0 amide bonds. The molecule has 0 spiro atoms. The predicted molar refractivity (Wildman–Crippen MR) is 93.8 cm³/mol. The molecule has 0 radical (unpaired) electrons. The van der Waals surface area contributed by atoms with E-state index in [4.69, 9.17) is 4.74 Å². The summed E-state index contributed by atoms with van der Waals surface area (Å²) in [4.78, 5) is 26.1. The molecule has 0 fully saturated rings. The summed E-state index contributed by atoms with van der Waals surface area (Å²) in [6.45, 7) is 6.52. The maximum absolute atomic E-state index is 13.1. The van der Waals surface area contributed by atoms with Crippen molar-refractivity contribution in [1.82, 2.24) is 0 Å². The van der Waals surface area contributed by atoms with Gasteiger partial charge >= 0.3 is 0 Å². The van der Waals surface area contributed by atoms with Crippen LogP contribution in [0.25, 0.3) is 0 Å². The molecule has 0 N–H and O–H groups in total. The molecule has 128 valence electrons. The Kier molecular flexibility index (Phi) is 4.62. The number of hydrogen-bond acceptors (Lipinski definition) is 3. The molecule has 24 heavy (non-hydrogen) atoms. The third-order valence-corrected chi connectivity index (χ3v) is 5.48. The van der Waals surface area contributed by atoms with Gasteiger partial charge in [-0.2, -0.15) is 0 Å². The first-order chi connectivity index (χ1) is 11.5. The average molecular weight is 326 g/mol. The zero-order valence-electron chi connectivity index (χ0n) is 14.9. The van der Waals surface area contributed by atoms with Gasteiger partial charge in [-0.25, -0.2) is 0 Å². The van der Waals surface area contributed by atoms with E-state index in [9.17, 15) is 9.59 Å². The summed E-state index contributed by atoms with van der Waals surface area (Å²) in [7, 11) is 0. The Hall–Kier alpha value is -1.90. The zero-order chi connectivity index (χ0) is 17.3. The molecule has 0 saturated carbocycles. The molecule has 3 nitrogen and oxygen atoms in total. The number of benzene rings is 1. The maximum atomic E-state index is 13.1. The van der Waals surface area contributed by atoms with E-state index in [0.29, 0.717) is 18.8 Å². The molecular weight excluding hydrogens is 300 g/mol. The summed E-state index contributed by atoms with van der Waals surface area (Å²) in [5.74, 6) is 0.242. The van der Waals surface area contributed by atoms with Crippen LogP contribution >= 0.6 is 0 Å². The lowest BCUT2D eigenvalue weighted by molar-refractivity contribution is -0.139. The summed E-state index contributed by atoms with van der Waals surface area (Å²) < 4.78 is 5.72. The van der Waals surface area contributed by atoms with Crippen LogP contribution in [-0.4, -0.2) is 18.2 Å². The van der Waals surface area contributed by atoms with Crippen LogP contribution in [0.15, 0.2) is 35.6 Å². The molecule has 3 rings (SSSR count). The Morgan fingerprint density at radius 1 is 1.29 bits per heavy atom. The first-order valence-electron chi connectivity index (χ1n) is 9.00. The van der Waals surface area contributed by atoms with Gasteiger partial charge in [0.25, 0.3) is 0 Å². The molecule has 1 aliphatic heterocycles. The van der Waals surface area contributed by atoms with Crippen molar-refractivity contribution in [2.45, 2.75) is 58.8 Å². The third kappa shape index (κ3) is 2.60. The molecular formula is C21H26O3. The van der Waals surface area contributed by atoms with Gasteiger partial charge in [0.1, 0.15) is 11.2 Å². The van der Waals surface area contributed by atoms with E-state index >= 15 is 0 Å². The molecule has 2 atom stereocenters. The van der Waals surface area contributed by atoms with Gasteiger partial charge in [0, 0.05) is 12.3 Å². The summed E-state index contributed by atoms with van der Waals surface area (Å²) in [6, 6.07) is 8.23. The second kappa shape index (κ2) is 6.54. The van der Waals surface area contributed by atoms with Gasteiger partial charge < -0.3 is 4.74 Å². The summed E-state index contributed by atoms with van der Waals surface area (Å²) in [5.41, 5.74) is 2.25. The van der Waals surface area contributed by atoms with Gasteiger partial charge in [-0.3, -0.25) is 9.59 Å². The Balaban J connectivity index is 2.07. The zero-order valence-corrected chi connectivity index (χ0v) is 14.9. The highest BCUT2D eigenvalue weighted by atomic mass is 16.5. The molecule has 0 bridgehead atoms. The van der Waals surface area contributed by atoms with Crippen LogP contribution in [0, 0.1) is 12.3 Å². The number of carbonyl (C=O) groups excluding carboxylic acids is 2. The monoisotopic (exact) mass is 326 g/mol. The number of unbranched alkanes of at least 4 members (excludes halogenated alkanes) is 1. The van der Waals surface area contributed by atoms with Gasteiger partial charge in [0.15, 0.2) is 5.76 Å². The predicted octanol–water partition coefficient (Wildman–Crippen LogP) is 4.49. The fourth-order valence-corrected chi connectivity index (χ4v) is 4.02. The van der Waals surface area contributed by atoms with Crippen LogP contribution in [0.1, 0.15) is 63.0 Å². The van der Waals surface area contributed by atoms with Gasteiger partial charge in [-0.1, -0.05) is 43.2 Å². The van der Waals surface area contributed by atoms with Crippen molar-refractivity contribution in [3.63, 3.8) is 0 Å². The number of allylic oxidation sites excluding steroid dienone is 2. The van der Waals surface area contributed by atoms with Crippen LogP contribution in [-0.2, 0) is 14.3 Å². The minimum Gasteiger partial charge on any atom is -0.490 e. The van der Waals surface area contributed by atoms with Crippen LogP contribution in [0.4, 0.5) is 0 Å². The normalized spacial score (nSPS) is 26.3. The molecule has 1 aromatic rings. The molecule has 1 aliphatic carbocycles. The lowest BCUT2D eigenvalue weighted by Gasteiger charge is -2.31. The van der Waals surface area contributed by atoms with Crippen molar-refractivity contribution in [2.24, 2.45) is 5.41 Å². The van der Waals surface area contributed by atoms with E-state index in [1.165, 1.54) is 5.56 Å². The molecule has 0 saturated heterocycles. The van der Waals surface area contributed by atoms with Crippen molar-refractivity contribution in [2.75, 3.05) is 6.61 Å². The molecule has 3 heteroatoms. The third-order valence-electron chi connectivity index (χ3n) is 5.48. The summed E-state index contributed by atoms with van der Waals surface area (Å²) >= 11 is 0. The molecule has 0 unspecified atom stereocenters. The highest BCUT2D eigenvalue weighted by molar-refractivity contribution is 6.17. The minimum atomic E-state index is -1.01. The second-order valence-electron chi connectivity index (χ2n) is 7.21. The Labute approximate surface area is 144 Å². The molecule has 1 heterocycles. The minimum absolute atomic E-state index is 0.0536. The van der Waals surface area contributed by atoms with Crippen molar-refractivity contribution in [1.29, 1.82) is 0 Å². The lowest BCUT2D eigenvalue weighted by Crippen LogP contribution is -2.38. The van der Waals surface area contributed by atoms with Gasteiger partial charge in [0.2, 0.25) is 5.78 Å². The topological polar surface area (TPSA) is 43.4 Å². The van der Waals surface area contributed by atoms with E-state index in [-0.39, 0.29) is 17.5 Å². The summed E-state index contributed by atoms with van der Waals surface area (Å²) in [5, 5.41) is 0. The first kappa shape index (κ1) is 16.9. The highest BCUT2D eigenvalue weighted by Gasteiger charge is 2.57. The van der Waals surface area contributed by atoms with Crippen molar-refractivity contribution in [3.05, 3.63) is 46.7 Å².